The molecule has 0 heterocycles. The van der Waals surface area contributed by atoms with Gasteiger partial charge in [-0.2, -0.15) is 0 Å². The van der Waals surface area contributed by atoms with E-state index in [1.165, 1.54) is 12.1 Å². The Hall–Kier alpha value is -1.84. The minimum atomic E-state index is -1.21. The van der Waals surface area contributed by atoms with E-state index < -0.39 is 11.8 Å². The number of carbonyl (C=O) groups is 1. The number of aromatic carboxylic acids is 1. The number of carboxylic acids is 1. The molecule has 0 amide bonds. The molecule has 3 nitrogen and oxygen atoms in total. The minimum absolute atomic E-state index is 0.168. The Kier molecular flexibility index (Phi) is 3.85. The second-order valence-corrected chi connectivity index (χ2v) is 2.85. The molecule has 0 atom stereocenters. The normalized spacial score (nSPS) is 9.67. The van der Waals surface area contributed by atoms with Gasteiger partial charge in [0.1, 0.15) is 5.56 Å². The number of rotatable bonds is 5. The van der Waals surface area contributed by atoms with Crippen molar-refractivity contribution in [3.8, 4) is 5.75 Å². The molecule has 0 aliphatic heterocycles. The van der Waals surface area contributed by atoms with Crippen molar-refractivity contribution in [3.05, 3.63) is 42.2 Å². The van der Waals surface area contributed by atoms with Crippen LogP contribution in [-0.4, -0.2) is 17.7 Å². The lowest BCUT2D eigenvalue weighted by Gasteiger charge is -2.08. The summed E-state index contributed by atoms with van der Waals surface area (Å²) in [4.78, 5) is 10.7. The molecule has 0 saturated carbocycles. The number of carboxylic acid groups (broad SMARTS) is 1. The monoisotopic (exact) mass is 210 g/mol. The zero-order valence-electron chi connectivity index (χ0n) is 8.07. The summed E-state index contributed by atoms with van der Waals surface area (Å²) in [5, 5.41) is 8.78. The highest BCUT2D eigenvalue weighted by Gasteiger charge is 2.14. The Labute approximate surface area is 86.8 Å². The number of benzene rings is 1. The maximum Gasteiger partial charge on any atom is 0.339 e. The van der Waals surface area contributed by atoms with E-state index in [4.69, 9.17) is 9.84 Å². The van der Waals surface area contributed by atoms with Crippen LogP contribution in [0, 0.1) is 5.82 Å². The molecular formula is C11H11FO3. The van der Waals surface area contributed by atoms with Gasteiger partial charge >= 0.3 is 5.97 Å². The second kappa shape index (κ2) is 5.14. The molecule has 15 heavy (non-hydrogen) atoms. The zero-order valence-corrected chi connectivity index (χ0v) is 8.07. The van der Waals surface area contributed by atoms with E-state index in [0.717, 1.165) is 6.07 Å². The molecule has 1 rings (SSSR count). The van der Waals surface area contributed by atoms with Crippen molar-refractivity contribution in [3.63, 3.8) is 0 Å². The summed E-state index contributed by atoms with van der Waals surface area (Å²) in [5.74, 6) is -2.09. The van der Waals surface area contributed by atoms with E-state index in [1.807, 2.05) is 0 Å². The van der Waals surface area contributed by atoms with Crippen LogP contribution in [0.5, 0.6) is 5.75 Å². The largest absolute Gasteiger partial charge is 0.489 e. The van der Waals surface area contributed by atoms with E-state index in [2.05, 4.69) is 6.58 Å². The third-order valence-corrected chi connectivity index (χ3v) is 1.77. The Bertz CT molecular complexity index is 374. The fraction of sp³-hybridized carbons (Fsp3) is 0.182. The van der Waals surface area contributed by atoms with E-state index in [1.54, 1.807) is 6.08 Å². The molecule has 0 aliphatic rings. The van der Waals surface area contributed by atoms with E-state index >= 15 is 0 Å². The molecule has 0 saturated heterocycles. The standard InChI is InChI=1S/C11H11FO3/c1-2-3-7-15-10-8(11(13)14)5-4-6-9(10)12/h2,4-6H,1,3,7H2,(H,13,14). The number of hydrogen-bond acceptors (Lipinski definition) is 2. The zero-order chi connectivity index (χ0) is 11.3. The number of halogens is 1. The highest BCUT2D eigenvalue weighted by molar-refractivity contribution is 5.90. The van der Waals surface area contributed by atoms with Crippen LogP contribution in [0.3, 0.4) is 0 Å². The molecule has 0 spiro atoms. The van der Waals surface area contributed by atoms with Gasteiger partial charge in [-0.3, -0.25) is 0 Å². The lowest BCUT2D eigenvalue weighted by molar-refractivity contribution is 0.0691. The van der Waals surface area contributed by atoms with Gasteiger partial charge in [0.2, 0.25) is 0 Å². The number of ether oxygens (including phenoxy) is 1. The van der Waals surface area contributed by atoms with Crippen molar-refractivity contribution < 1.29 is 19.0 Å². The van der Waals surface area contributed by atoms with E-state index in [-0.39, 0.29) is 17.9 Å². The first-order valence-corrected chi connectivity index (χ1v) is 4.42. The van der Waals surface area contributed by atoms with Crippen LogP contribution in [0.2, 0.25) is 0 Å². The van der Waals surface area contributed by atoms with Gasteiger partial charge in [-0.25, -0.2) is 9.18 Å². The summed E-state index contributed by atoms with van der Waals surface area (Å²) in [6.07, 6.45) is 2.15. The van der Waals surface area contributed by atoms with Crippen molar-refractivity contribution in [1.82, 2.24) is 0 Å². The van der Waals surface area contributed by atoms with Gasteiger partial charge < -0.3 is 9.84 Å². The Morgan fingerprint density at radius 2 is 2.33 bits per heavy atom. The summed E-state index contributed by atoms with van der Waals surface area (Å²) in [6, 6.07) is 3.80. The average molecular weight is 210 g/mol. The average Bonchev–Trinajstić information content (AvgIpc) is 2.20. The molecule has 1 aromatic rings. The first-order chi connectivity index (χ1) is 7.16. The summed E-state index contributed by atoms with van der Waals surface area (Å²) < 4.78 is 18.3. The molecule has 1 N–H and O–H groups in total. The summed E-state index contributed by atoms with van der Waals surface area (Å²) in [6.45, 7) is 3.69. The maximum absolute atomic E-state index is 13.2. The highest BCUT2D eigenvalue weighted by atomic mass is 19.1. The second-order valence-electron chi connectivity index (χ2n) is 2.85. The van der Waals surface area contributed by atoms with Gasteiger partial charge in [0.05, 0.1) is 6.61 Å². The van der Waals surface area contributed by atoms with Crippen LogP contribution in [0.1, 0.15) is 16.8 Å². The predicted molar refractivity (Wildman–Crippen MR) is 53.7 cm³/mol. The smallest absolute Gasteiger partial charge is 0.339 e. The Morgan fingerprint density at radius 3 is 2.93 bits per heavy atom. The quantitative estimate of drug-likeness (QED) is 0.599. The van der Waals surface area contributed by atoms with Gasteiger partial charge in [0.15, 0.2) is 11.6 Å². The van der Waals surface area contributed by atoms with Crippen molar-refractivity contribution in [2.75, 3.05) is 6.61 Å². The fourth-order valence-corrected chi connectivity index (χ4v) is 1.07. The molecule has 0 bridgehead atoms. The molecule has 0 fully saturated rings. The van der Waals surface area contributed by atoms with Gasteiger partial charge in [0, 0.05) is 0 Å². The SMILES string of the molecule is C=CCCOc1c(F)cccc1C(=O)O. The first kappa shape index (κ1) is 11.2. The third kappa shape index (κ3) is 2.80. The topological polar surface area (TPSA) is 46.5 Å². The fourth-order valence-electron chi connectivity index (χ4n) is 1.07. The molecule has 0 aromatic heterocycles. The first-order valence-electron chi connectivity index (χ1n) is 4.42. The minimum Gasteiger partial charge on any atom is -0.489 e. The van der Waals surface area contributed by atoms with E-state index in [9.17, 15) is 9.18 Å². The van der Waals surface area contributed by atoms with Gasteiger partial charge in [0.25, 0.3) is 0 Å². The number of hydrogen-bond donors (Lipinski definition) is 1. The summed E-state index contributed by atoms with van der Waals surface area (Å²) >= 11 is 0. The molecular weight excluding hydrogens is 199 g/mol. The molecule has 1 aromatic carbocycles. The Balaban J connectivity index is 2.92. The Morgan fingerprint density at radius 1 is 1.60 bits per heavy atom. The number of para-hydroxylation sites is 1. The predicted octanol–water partition coefficient (Wildman–Crippen LogP) is 2.48. The molecule has 0 aliphatic carbocycles. The van der Waals surface area contributed by atoms with Crippen molar-refractivity contribution in [1.29, 1.82) is 0 Å². The van der Waals surface area contributed by atoms with Gasteiger partial charge in [-0.1, -0.05) is 12.1 Å². The van der Waals surface area contributed by atoms with Crippen LogP contribution < -0.4 is 4.74 Å². The molecule has 80 valence electrons. The van der Waals surface area contributed by atoms with Crippen molar-refractivity contribution in [2.45, 2.75) is 6.42 Å². The lowest BCUT2D eigenvalue weighted by Crippen LogP contribution is -2.05. The van der Waals surface area contributed by atoms with Gasteiger partial charge in [-0.15, -0.1) is 6.58 Å². The van der Waals surface area contributed by atoms with Crippen LogP contribution in [0.25, 0.3) is 0 Å². The summed E-state index contributed by atoms with van der Waals surface area (Å²) in [5.41, 5.74) is -0.168. The van der Waals surface area contributed by atoms with Crippen molar-refractivity contribution >= 4 is 5.97 Å². The highest BCUT2D eigenvalue weighted by Crippen LogP contribution is 2.22. The van der Waals surface area contributed by atoms with Crippen molar-refractivity contribution in [2.24, 2.45) is 0 Å². The van der Waals surface area contributed by atoms with Crippen LogP contribution in [0.4, 0.5) is 4.39 Å². The molecule has 0 radical (unpaired) electrons. The van der Waals surface area contributed by atoms with E-state index in [0.29, 0.717) is 6.42 Å². The van der Waals surface area contributed by atoms with Gasteiger partial charge in [-0.05, 0) is 18.6 Å². The van der Waals surface area contributed by atoms with Crippen LogP contribution in [-0.2, 0) is 0 Å². The lowest BCUT2D eigenvalue weighted by atomic mass is 10.2. The molecule has 4 heteroatoms. The third-order valence-electron chi connectivity index (χ3n) is 1.77. The summed E-state index contributed by atoms with van der Waals surface area (Å²) in [7, 11) is 0. The van der Waals surface area contributed by atoms with Crippen LogP contribution in [0.15, 0.2) is 30.9 Å². The molecule has 0 unspecified atom stereocenters. The maximum atomic E-state index is 13.2. The van der Waals surface area contributed by atoms with Crippen LogP contribution >= 0.6 is 0 Å².